The van der Waals surface area contributed by atoms with Crippen molar-refractivity contribution in [2.75, 3.05) is 0 Å². The molecule has 0 saturated heterocycles. The molecule has 13 aromatic carbocycles. The monoisotopic (exact) mass is 1350 g/mol. The lowest BCUT2D eigenvalue weighted by Gasteiger charge is -2.14. The maximum Gasteiger partial charge on any atom is 0.240 e. The highest BCUT2D eigenvalue weighted by Crippen LogP contribution is 2.45. The third-order valence-electron chi connectivity index (χ3n) is 20.5. The maximum atomic E-state index is 5.68. The lowest BCUT2D eigenvalue weighted by Crippen LogP contribution is -2.14. The lowest BCUT2D eigenvalue weighted by atomic mass is 10.1. The van der Waals surface area contributed by atoms with Crippen molar-refractivity contribution in [1.82, 2.24) is 67.7 Å². The topological polar surface area (TPSA) is 141 Å². The number of rotatable bonds is 8. The summed E-state index contributed by atoms with van der Waals surface area (Å²) >= 11 is 3.59. The van der Waals surface area contributed by atoms with Crippen molar-refractivity contribution in [2.24, 2.45) is 0 Å². The fourth-order valence-corrected chi connectivity index (χ4v) is 18.3. The first kappa shape index (κ1) is 56.2. The van der Waals surface area contributed by atoms with Crippen molar-refractivity contribution in [1.29, 1.82) is 0 Å². The highest BCUT2D eigenvalue weighted by molar-refractivity contribution is 7.26. The van der Waals surface area contributed by atoms with Gasteiger partial charge in [-0.25, -0.2) is 4.98 Å². The van der Waals surface area contributed by atoms with E-state index in [1.165, 1.54) is 29.6 Å². The van der Waals surface area contributed by atoms with Crippen LogP contribution < -0.4 is 0 Å². The van der Waals surface area contributed by atoms with Gasteiger partial charge in [0, 0.05) is 105 Å². The van der Waals surface area contributed by atoms with Crippen molar-refractivity contribution >= 4 is 172 Å². The van der Waals surface area contributed by atoms with Gasteiger partial charge in [-0.3, -0.25) is 22.8 Å². The fourth-order valence-electron chi connectivity index (χ4n) is 16.1. The van der Waals surface area contributed by atoms with Crippen LogP contribution in [0.5, 0.6) is 0 Å². The molecule has 0 bridgehead atoms. The zero-order valence-electron chi connectivity index (χ0n) is 54.3. The Morgan fingerprint density at radius 3 is 0.748 bits per heavy atom. The van der Waals surface area contributed by atoms with E-state index in [1.54, 1.807) is 22.7 Å². The molecular weight excluding hydrogens is 1310 g/mol. The molecule has 23 rings (SSSR count). The average molecular weight is 1350 g/mol. The summed E-state index contributed by atoms with van der Waals surface area (Å²) in [4.78, 5) is 50.1. The summed E-state index contributed by atoms with van der Waals surface area (Å²) in [6.07, 6.45) is 0. The molecule has 0 radical (unpaired) electrons. The zero-order chi connectivity index (χ0) is 67.1. The van der Waals surface area contributed by atoms with Gasteiger partial charge in [-0.15, -0.1) is 22.7 Å². The standard InChI is InChI=1S/C87H48N14S2/c1-11-31-63-51(21-1)52-22-2-12-32-64(52)97(63)84-91-81(92-85(95-84)98-65-33-13-3-23-53(65)54-24-4-14-34-66(54)98)82-93-86(99-67-35-15-5-25-55(67)56-26-6-16-36-68(56)99)96-87(94-82)101-70-38-18-8-30-60(70)78-72(101)44-43-71-77(78)59-29-7-17-37-69(59)100(71)83-89-79(49-41-45-75-61(47-49)57-27-9-19-39-73(57)102-75)88-80(90-83)50-42-46-76-62(48-50)58-28-10-20-40-74(58)103-76/h1-48H. The molecule has 16 heteroatoms. The zero-order valence-corrected chi connectivity index (χ0v) is 55.9. The molecule has 23 aromatic rings. The van der Waals surface area contributed by atoms with E-state index in [2.05, 4.69) is 314 Å². The van der Waals surface area contributed by atoms with Crippen LogP contribution in [0.15, 0.2) is 291 Å². The summed E-state index contributed by atoms with van der Waals surface area (Å²) < 4.78 is 15.7. The number of fused-ring (bicyclic) bond motifs is 22. The summed E-state index contributed by atoms with van der Waals surface area (Å²) in [7, 11) is 0. The van der Waals surface area contributed by atoms with E-state index in [4.69, 9.17) is 44.9 Å². The highest BCUT2D eigenvalue weighted by Gasteiger charge is 2.28. The first-order valence-corrected chi connectivity index (χ1v) is 35.7. The quantitative estimate of drug-likeness (QED) is 0.145. The van der Waals surface area contributed by atoms with Crippen LogP contribution >= 0.6 is 22.7 Å². The SMILES string of the molecule is c1ccc2c(c1)sc1ccc(-c3nc(-c4ccc5sc6ccccc6c5c4)nc(-n4c5ccccc5c5c6c7ccccc7n(-c7nc(-c8nc(-n9c%10ccccc%10c%10ccccc%109)nc(-n9c%10ccccc%10c%10ccccc%109)n8)nc(-n8c9ccccc9c9ccccc98)n7)c6ccc54)n3)cc12. The average Bonchev–Trinajstić information content (AvgIpc) is 1.54. The van der Waals surface area contributed by atoms with Gasteiger partial charge in [-0.2, -0.15) is 39.9 Å². The minimum Gasteiger partial charge on any atom is -0.278 e. The Bertz CT molecular complexity index is 7190. The first-order valence-electron chi connectivity index (χ1n) is 34.1. The van der Waals surface area contributed by atoms with E-state index >= 15 is 0 Å². The highest BCUT2D eigenvalue weighted by atomic mass is 32.1. The third-order valence-corrected chi connectivity index (χ3v) is 22.8. The van der Waals surface area contributed by atoms with Gasteiger partial charge in [-0.1, -0.05) is 182 Å². The van der Waals surface area contributed by atoms with Crippen LogP contribution in [0.1, 0.15) is 0 Å². The summed E-state index contributed by atoms with van der Waals surface area (Å²) in [5, 5.41) is 15.2. The summed E-state index contributed by atoms with van der Waals surface area (Å²) in [6.45, 7) is 0. The Kier molecular flexibility index (Phi) is 11.7. The fraction of sp³-hybridized carbons (Fsp3) is 0. The van der Waals surface area contributed by atoms with E-state index in [9.17, 15) is 0 Å². The van der Waals surface area contributed by atoms with Crippen LogP contribution in [0.25, 0.3) is 214 Å². The Hall–Kier alpha value is -13.7. The number of aromatic nitrogens is 14. The number of thiophene rings is 2. The van der Waals surface area contributed by atoms with Crippen molar-refractivity contribution < 1.29 is 0 Å². The van der Waals surface area contributed by atoms with E-state index in [0.717, 1.165) is 131 Å². The molecule has 0 aliphatic rings. The van der Waals surface area contributed by atoms with Gasteiger partial charge in [0.1, 0.15) is 0 Å². The molecule has 10 heterocycles. The van der Waals surface area contributed by atoms with Gasteiger partial charge < -0.3 is 0 Å². The van der Waals surface area contributed by atoms with Crippen LogP contribution in [-0.4, -0.2) is 67.7 Å². The van der Waals surface area contributed by atoms with Crippen molar-refractivity contribution in [2.45, 2.75) is 0 Å². The minimum atomic E-state index is 0.246. The third kappa shape index (κ3) is 8.20. The van der Waals surface area contributed by atoms with E-state index in [0.29, 0.717) is 41.4 Å². The number of benzene rings is 13. The number of hydrogen-bond donors (Lipinski definition) is 0. The number of hydrogen-bond acceptors (Lipinski definition) is 11. The van der Waals surface area contributed by atoms with Gasteiger partial charge in [0.05, 0.1) is 55.2 Å². The Morgan fingerprint density at radius 1 is 0.175 bits per heavy atom. The summed E-state index contributed by atoms with van der Waals surface area (Å²) in [6, 6.07) is 102. The van der Waals surface area contributed by atoms with Crippen LogP contribution in [0.4, 0.5) is 0 Å². The molecular formula is C87H48N14S2. The molecule has 0 saturated carbocycles. The minimum absolute atomic E-state index is 0.246. The van der Waals surface area contributed by atoms with Crippen LogP contribution in [-0.2, 0) is 0 Å². The Labute approximate surface area is 591 Å². The molecule has 103 heavy (non-hydrogen) atoms. The number of nitrogens with zero attached hydrogens (tertiary/aromatic N) is 14. The van der Waals surface area contributed by atoms with Gasteiger partial charge in [0.15, 0.2) is 11.6 Å². The van der Waals surface area contributed by atoms with E-state index in [-0.39, 0.29) is 11.6 Å². The molecule has 0 fully saturated rings. The second kappa shape index (κ2) is 21.4. The molecule has 0 atom stereocenters. The molecule has 10 aromatic heterocycles. The molecule has 0 unspecified atom stereocenters. The first-order chi connectivity index (χ1) is 51.1. The predicted molar refractivity (Wildman–Crippen MR) is 420 cm³/mol. The Balaban J connectivity index is 0.792. The summed E-state index contributed by atoms with van der Waals surface area (Å²) in [5.41, 5.74) is 11.1. The molecule has 0 amide bonds. The molecule has 0 spiro atoms. The van der Waals surface area contributed by atoms with Gasteiger partial charge in [0.2, 0.25) is 41.4 Å². The molecule has 0 N–H and O–H groups in total. The summed E-state index contributed by atoms with van der Waals surface area (Å²) in [5.74, 6) is 3.70. The van der Waals surface area contributed by atoms with E-state index in [1.807, 2.05) is 0 Å². The van der Waals surface area contributed by atoms with Gasteiger partial charge in [0.25, 0.3) is 0 Å². The van der Waals surface area contributed by atoms with Crippen molar-refractivity contribution in [3.05, 3.63) is 291 Å². The maximum absolute atomic E-state index is 5.68. The van der Waals surface area contributed by atoms with Crippen LogP contribution in [0.3, 0.4) is 0 Å². The van der Waals surface area contributed by atoms with Crippen molar-refractivity contribution in [3.63, 3.8) is 0 Å². The second-order valence-corrected chi connectivity index (χ2v) is 28.3. The second-order valence-electron chi connectivity index (χ2n) is 26.1. The van der Waals surface area contributed by atoms with Crippen LogP contribution in [0, 0.1) is 0 Å². The predicted octanol–water partition coefficient (Wildman–Crippen LogP) is 21.5. The van der Waals surface area contributed by atoms with E-state index < -0.39 is 0 Å². The molecule has 14 nitrogen and oxygen atoms in total. The lowest BCUT2D eigenvalue weighted by molar-refractivity contribution is 0.856. The number of para-hydroxylation sites is 8. The normalized spacial score (nSPS) is 12.3. The van der Waals surface area contributed by atoms with Crippen molar-refractivity contribution in [3.8, 4) is 64.2 Å². The smallest absolute Gasteiger partial charge is 0.240 e. The Morgan fingerprint density at radius 2 is 0.417 bits per heavy atom. The molecule has 478 valence electrons. The van der Waals surface area contributed by atoms with Gasteiger partial charge >= 0.3 is 0 Å². The van der Waals surface area contributed by atoms with Crippen LogP contribution in [0.2, 0.25) is 0 Å². The molecule has 0 aliphatic heterocycles. The largest absolute Gasteiger partial charge is 0.278 e. The molecule has 0 aliphatic carbocycles. The van der Waals surface area contributed by atoms with Gasteiger partial charge in [-0.05, 0) is 109 Å².